The van der Waals surface area contributed by atoms with Crippen molar-refractivity contribution >= 4 is 22.8 Å². The number of primary amides is 1. The van der Waals surface area contributed by atoms with Gasteiger partial charge in [-0.05, 0) is 43.9 Å². The monoisotopic (exact) mass is 414 g/mol. The molecule has 8 heteroatoms. The molecule has 1 aromatic carbocycles. The van der Waals surface area contributed by atoms with Crippen LogP contribution in [-0.2, 0) is 23.2 Å². The number of benzene rings is 1. The van der Waals surface area contributed by atoms with Gasteiger partial charge in [0, 0.05) is 38.5 Å². The van der Waals surface area contributed by atoms with Gasteiger partial charge in [-0.2, -0.15) is 0 Å². The summed E-state index contributed by atoms with van der Waals surface area (Å²) in [6, 6.07) is 4.83. The number of likely N-dealkylation sites (tertiary alicyclic amines) is 2. The van der Waals surface area contributed by atoms with Crippen LogP contribution in [0.5, 0.6) is 0 Å². The predicted octanol–water partition coefficient (Wildman–Crippen LogP) is 1.15. The zero-order valence-corrected chi connectivity index (χ0v) is 17.9. The van der Waals surface area contributed by atoms with Gasteiger partial charge < -0.3 is 20.1 Å². The number of aromatic amines is 1. The van der Waals surface area contributed by atoms with Crippen molar-refractivity contribution in [2.45, 2.75) is 51.6 Å². The van der Waals surface area contributed by atoms with E-state index in [0.717, 1.165) is 53.6 Å². The van der Waals surface area contributed by atoms with E-state index in [2.05, 4.69) is 24.0 Å². The maximum atomic E-state index is 12.1. The van der Waals surface area contributed by atoms with E-state index in [1.165, 1.54) is 24.8 Å². The SMILES string of the molecule is Cc1cc(C[N+]2(C3CCN(C(=O)C(N)=O)CC3)CCCCC2)cc2c1[nH]c(=O)n2C. The maximum absolute atomic E-state index is 12.1. The number of carbonyl (C=O) groups excluding carboxylic acids is 2. The van der Waals surface area contributed by atoms with Gasteiger partial charge in [0.25, 0.3) is 0 Å². The number of aromatic nitrogens is 2. The first-order valence-corrected chi connectivity index (χ1v) is 10.9. The second-order valence-electron chi connectivity index (χ2n) is 9.07. The van der Waals surface area contributed by atoms with E-state index in [-0.39, 0.29) is 5.69 Å². The Balaban J connectivity index is 1.60. The second kappa shape index (κ2) is 7.91. The summed E-state index contributed by atoms with van der Waals surface area (Å²) in [6.07, 6.45) is 5.48. The molecule has 0 saturated carbocycles. The van der Waals surface area contributed by atoms with Gasteiger partial charge >= 0.3 is 17.5 Å². The maximum Gasteiger partial charge on any atom is 0.326 e. The van der Waals surface area contributed by atoms with Crippen LogP contribution in [-0.4, -0.2) is 63.0 Å². The third-order valence-electron chi connectivity index (χ3n) is 7.21. The third-order valence-corrected chi connectivity index (χ3v) is 7.21. The summed E-state index contributed by atoms with van der Waals surface area (Å²) in [4.78, 5) is 39.8. The molecular formula is C22H32N5O3+. The zero-order valence-electron chi connectivity index (χ0n) is 17.9. The molecule has 2 aliphatic rings. The van der Waals surface area contributed by atoms with Crippen LogP contribution in [0.1, 0.15) is 43.2 Å². The van der Waals surface area contributed by atoms with Crippen LogP contribution in [0.15, 0.2) is 16.9 Å². The Labute approximate surface area is 176 Å². The minimum absolute atomic E-state index is 0.0846. The lowest BCUT2D eigenvalue weighted by Gasteiger charge is -2.50. The Morgan fingerprint density at radius 2 is 1.83 bits per heavy atom. The number of hydrogen-bond acceptors (Lipinski definition) is 3. The van der Waals surface area contributed by atoms with E-state index >= 15 is 0 Å². The summed E-state index contributed by atoms with van der Waals surface area (Å²) in [6.45, 7) is 6.45. The average Bonchev–Trinajstić information content (AvgIpc) is 3.03. The van der Waals surface area contributed by atoms with Gasteiger partial charge in [0.2, 0.25) is 0 Å². The van der Waals surface area contributed by atoms with E-state index in [1.54, 1.807) is 16.5 Å². The molecule has 2 amide bonds. The van der Waals surface area contributed by atoms with Crippen molar-refractivity contribution in [3.8, 4) is 0 Å². The molecule has 2 saturated heterocycles. The highest BCUT2D eigenvalue weighted by atomic mass is 16.2. The highest BCUT2D eigenvalue weighted by Gasteiger charge is 2.41. The molecule has 1 aromatic heterocycles. The van der Waals surface area contributed by atoms with Gasteiger partial charge in [-0.3, -0.25) is 14.2 Å². The van der Waals surface area contributed by atoms with Gasteiger partial charge in [-0.25, -0.2) is 4.79 Å². The van der Waals surface area contributed by atoms with Crippen LogP contribution in [0.3, 0.4) is 0 Å². The molecule has 2 aromatic rings. The lowest BCUT2D eigenvalue weighted by molar-refractivity contribution is -0.968. The Morgan fingerprint density at radius 1 is 1.17 bits per heavy atom. The molecule has 4 rings (SSSR count). The predicted molar refractivity (Wildman–Crippen MR) is 115 cm³/mol. The summed E-state index contributed by atoms with van der Waals surface area (Å²) in [7, 11) is 1.81. The van der Waals surface area contributed by atoms with Gasteiger partial charge in [0.05, 0.1) is 30.2 Å². The molecular weight excluding hydrogens is 382 g/mol. The number of amides is 2. The first-order chi connectivity index (χ1) is 14.3. The van der Waals surface area contributed by atoms with Crippen molar-refractivity contribution in [1.29, 1.82) is 0 Å². The van der Waals surface area contributed by atoms with Crippen molar-refractivity contribution in [2.24, 2.45) is 12.8 Å². The van der Waals surface area contributed by atoms with Crippen molar-refractivity contribution < 1.29 is 14.1 Å². The van der Waals surface area contributed by atoms with Gasteiger partial charge in [0.15, 0.2) is 0 Å². The van der Waals surface area contributed by atoms with Gasteiger partial charge in [-0.15, -0.1) is 0 Å². The van der Waals surface area contributed by atoms with Crippen LogP contribution in [0.25, 0.3) is 11.0 Å². The fraction of sp³-hybridized carbons (Fsp3) is 0.591. The van der Waals surface area contributed by atoms with Crippen molar-refractivity contribution in [3.63, 3.8) is 0 Å². The van der Waals surface area contributed by atoms with Crippen LogP contribution in [0, 0.1) is 6.92 Å². The van der Waals surface area contributed by atoms with E-state index in [0.29, 0.717) is 19.1 Å². The normalized spacial score (nSPS) is 19.9. The molecule has 0 atom stereocenters. The zero-order chi connectivity index (χ0) is 21.5. The molecule has 2 aliphatic heterocycles. The molecule has 0 spiro atoms. The number of H-pyrrole nitrogens is 1. The lowest BCUT2D eigenvalue weighted by atomic mass is 9.94. The third kappa shape index (κ3) is 3.64. The number of imidazole rings is 1. The standard InChI is InChI=1S/C22H31N5O3/c1-15-12-16(13-18-19(15)24-22(30)25(18)2)14-27(10-4-3-5-11-27)17-6-8-26(9-7-17)21(29)20(23)28/h12-13,17H,3-11,14H2,1-2H3,(H2-,23,24,28,30)/p+1. The number of nitrogens with two attached hydrogens (primary N) is 1. The molecule has 3 N–H and O–H groups in total. The molecule has 0 unspecified atom stereocenters. The fourth-order valence-electron chi connectivity index (χ4n) is 5.59. The fourth-order valence-corrected chi connectivity index (χ4v) is 5.59. The summed E-state index contributed by atoms with van der Waals surface area (Å²) >= 11 is 0. The molecule has 0 aliphatic carbocycles. The van der Waals surface area contributed by atoms with Gasteiger partial charge in [-0.1, -0.05) is 0 Å². The van der Waals surface area contributed by atoms with Crippen LogP contribution < -0.4 is 11.4 Å². The Morgan fingerprint density at radius 3 is 2.47 bits per heavy atom. The summed E-state index contributed by atoms with van der Waals surface area (Å²) < 4.78 is 2.71. The minimum Gasteiger partial charge on any atom is -0.361 e. The minimum atomic E-state index is -0.865. The number of aryl methyl sites for hydroxylation is 2. The quantitative estimate of drug-likeness (QED) is 0.582. The molecule has 2 fully saturated rings. The van der Waals surface area contributed by atoms with Crippen LogP contribution >= 0.6 is 0 Å². The lowest BCUT2D eigenvalue weighted by Crippen LogP contribution is -2.61. The Bertz CT molecular complexity index is 1020. The molecule has 162 valence electrons. The van der Waals surface area contributed by atoms with Crippen LogP contribution in [0.4, 0.5) is 0 Å². The van der Waals surface area contributed by atoms with E-state index in [9.17, 15) is 14.4 Å². The van der Waals surface area contributed by atoms with Crippen molar-refractivity contribution in [3.05, 3.63) is 33.7 Å². The van der Waals surface area contributed by atoms with Gasteiger partial charge in [0.1, 0.15) is 6.54 Å². The molecule has 0 bridgehead atoms. The number of carbonyl (C=O) groups is 2. The number of rotatable bonds is 3. The summed E-state index contributed by atoms with van der Waals surface area (Å²) in [5.41, 5.74) is 9.31. The number of piperidine rings is 2. The summed E-state index contributed by atoms with van der Waals surface area (Å²) in [5.74, 6) is -1.43. The topological polar surface area (TPSA) is 101 Å². The number of quaternary nitrogens is 1. The first kappa shape index (κ1) is 20.7. The smallest absolute Gasteiger partial charge is 0.326 e. The molecule has 0 radical (unpaired) electrons. The van der Waals surface area contributed by atoms with E-state index in [1.807, 2.05) is 0 Å². The Hall–Kier alpha value is -2.61. The number of nitrogens with zero attached hydrogens (tertiary/aromatic N) is 3. The summed E-state index contributed by atoms with van der Waals surface area (Å²) in [5, 5.41) is 0. The van der Waals surface area contributed by atoms with Crippen molar-refractivity contribution in [2.75, 3.05) is 26.2 Å². The van der Waals surface area contributed by atoms with E-state index < -0.39 is 11.8 Å². The van der Waals surface area contributed by atoms with Crippen LogP contribution in [0.2, 0.25) is 0 Å². The first-order valence-electron chi connectivity index (χ1n) is 10.9. The average molecular weight is 415 g/mol. The van der Waals surface area contributed by atoms with Crippen molar-refractivity contribution in [1.82, 2.24) is 14.5 Å². The molecule has 30 heavy (non-hydrogen) atoms. The number of hydrogen-bond donors (Lipinski definition) is 2. The number of fused-ring (bicyclic) bond motifs is 1. The molecule has 3 heterocycles. The highest BCUT2D eigenvalue weighted by Crippen LogP contribution is 2.33. The largest absolute Gasteiger partial charge is 0.361 e. The van der Waals surface area contributed by atoms with E-state index in [4.69, 9.17) is 5.73 Å². The second-order valence-corrected chi connectivity index (χ2v) is 9.07. The molecule has 8 nitrogen and oxygen atoms in total. The Kier molecular flexibility index (Phi) is 5.44. The number of nitrogens with one attached hydrogen (secondary N) is 1. The highest BCUT2D eigenvalue weighted by molar-refractivity contribution is 6.34.